The number of hydrogen-bond donors (Lipinski definition) is 0. The number of allylic oxidation sites excluding steroid dienone is 1. The summed E-state index contributed by atoms with van der Waals surface area (Å²) in [5.41, 5.74) is 9.36. The minimum Gasteiger partial charge on any atom is -0.454 e. The van der Waals surface area contributed by atoms with Crippen molar-refractivity contribution in [3.63, 3.8) is 0 Å². The Morgan fingerprint density at radius 3 is 2.12 bits per heavy atom. The van der Waals surface area contributed by atoms with Gasteiger partial charge in [0.15, 0.2) is 23.1 Å². The van der Waals surface area contributed by atoms with Crippen LogP contribution in [0.25, 0.3) is 98.9 Å². The van der Waals surface area contributed by atoms with E-state index < -0.39 is 0 Å². The van der Waals surface area contributed by atoms with Crippen LogP contribution in [-0.2, 0) is 6.42 Å². The SMILES string of the molecule is CC1C=Cc2c(c3ccccc3n2-c2cccc3c2oc2ccc(-c4nc(-c5ccccc5)nc(-c5ccc6sc7ccccc7c6c5)n4)cc23)C1. The third-order valence-corrected chi connectivity index (χ3v) is 11.6. The zero-order chi connectivity index (χ0) is 34.3. The molecule has 1 aliphatic rings. The summed E-state index contributed by atoms with van der Waals surface area (Å²) in [6.07, 6.45) is 5.62. The number of nitrogens with zero attached hydrogens (tertiary/aromatic N) is 4. The molecule has 6 heteroatoms. The van der Waals surface area contributed by atoms with Crippen LogP contribution in [0.1, 0.15) is 18.2 Å². The summed E-state index contributed by atoms with van der Waals surface area (Å²) in [4.78, 5) is 15.2. The first-order valence-electron chi connectivity index (χ1n) is 17.7. The maximum atomic E-state index is 6.72. The quantitative estimate of drug-likeness (QED) is 0.185. The molecule has 11 rings (SSSR count). The molecule has 52 heavy (non-hydrogen) atoms. The van der Waals surface area contributed by atoms with E-state index in [1.165, 1.54) is 42.3 Å². The van der Waals surface area contributed by atoms with E-state index in [4.69, 9.17) is 19.4 Å². The highest BCUT2D eigenvalue weighted by atomic mass is 32.1. The van der Waals surface area contributed by atoms with Crippen LogP contribution in [0, 0.1) is 5.92 Å². The van der Waals surface area contributed by atoms with Crippen molar-refractivity contribution < 1.29 is 4.42 Å². The number of benzene rings is 6. The van der Waals surface area contributed by atoms with Crippen LogP contribution < -0.4 is 0 Å². The lowest BCUT2D eigenvalue weighted by Gasteiger charge is -2.15. The Kier molecular flexibility index (Phi) is 6.39. The Balaban J connectivity index is 1.09. The van der Waals surface area contributed by atoms with Crippen LogP contribution in [-0.4, -0.2) is 19.5 Å². The van der Waals surface area contributed by atoms with Crippen molar-refractivity contribution in [1.82, 2.24) is 19.5 Å². The van der Waals surface area contributed by atoms with E-state index in [0.717, 1.165) is 50.7 Å². The Morgan fingerprint density at radius 2 is 1.27 bits per heavy atom. The van der Waals surface area contributed by atoms with Gasteiger partial charge in [-0.2, -0.15) is 0 Å². The lowest BCUT2D eigenvalue weighted by molar-refractivity contribution is 0.665. The van der Waals surface area contributed by atoms with Gasteiger partial charge in [-0.05, 0) is 78.6 Å². The largest absolute Gasteiger partial charge is 0.454 e. The zero-order valence-corrected chi connectivity index (χ0v) is 29.1. The topological polar surface area (TPSA) is 56.7 Å². The summed E-state index contributed by atoms with van der Waals surface area (Å²) in [5.74, 6) is 2.41. The van der Waals surface area contributed by atoms with E-state index in [2.05, 4.69) is 127 Å². The summed E-state index contributed by atoms with van der Waals surface area (Å²) >= 11 is 1.81. The molecule has 5 nitrogen and oxygen atoms in total. The molecule has 4 heterocycles. The maximum absolute atomic E-state index is 6.72. The van der Waals surface area contributed by atoms with E-state index in [1.807, 2.05) is 41.7 Å². The molecule has 10 aromatic rings. The first kappa shape index (κ1) is 29.4. The van der Waals surface area contributed by atoms with Crippen molar-refractivity contribution in [1.29, 1.82) is 0 Å². The number of furan rings is 1. The van der Waals surface area contributed by atoms with E-state index in [9.17, 15) is 0 Å². The van der Waals surface area contributed by atoms with Gasteiger partial charge in [0.25, 0.3) is 0 Å². The Bertz CT molecular complexity index is 3080. The van der Waals surface area contributed by atoms with Crippen LogP contribution in [0.15, 0.2) is 144 Å². The van der Waals surface area contributed by atoms with Crippen molar-refractivity contribution in [3.8, 4) is 39.9 Å². The minimum atomic E-state index is 0.504. The first-order chi connectivity index (χ1) is 25.7. The average molecular weight is 687 g/mol. The summed E-state index contributed by atoms with van der Waals surface area (Å²) in [6.45, 7) is 2.28. The Labute approximate surface area is 303 Å². The highest BCUT2D eigenvalue weighted by Gasteiger charge is 2.23. The molecule has 0 radical (unpaired) electrons. The lowest BCUT2D eigenvalue weighted by Crippen LogP contribution is -2.05. The molecule has 1 aliphatic carbocycles. The fourth-order valence-corrected chi connectivity index (χ4v) is 9.02. The standard InChI is InChI=1S/C46H30N4OS/c1-27-18-21-38-34(24-27)31-12-5-7-15-37(31)50(38)39-16-9-14-33-35-25-29(19-22-40(35)51-43(33)39)45-47-44(28-10-3-2-4-11-28)48-46(49-45)30-20-23-42-36(26-30)32-13-6-8-17-41(32)52-42/h2-23,25-27H,24H2,1H3. The third kappa shape index (κ3) is 4.51. The van der Waals surface area contributed by atoms with Gasteiger partial charge in [-0.15, -0.1) is 11.3 Å². The molecule has 0 saturated heterocycles. The van der Waals surface area contributed by atoms with Crippen LogP contribution in [0.2, 0.25) is 0 Å². The van der Waals surface area contributed by atoms with Gasteiger partial charge in [-0.1, -0.05) is 91.9 Å². The van der Waals surface area contributed by atoms with Crippen LogP contribution in [0.5, 0.6) is 0 Å². The molecule has 1 atom stereocenters. The van der Waals surface area contributed by atoms with Crippen LogP contribution in [0.3, 0.4) is 0 Å². The molecule has 0 saturated carbocycles. The molecule has 0 bridgehead atoms. The van der Waals surface area contributed by atoms with Crippen LogP contribution in [0.4, 0.5) is 0 Å². The second-order valence-corrected chi connectivity index (χ2v) is 14.8. The van der Waals surface area contributed by atoms with Gasteiger partial charge in [0, 0.05) is 58.7 Å². The normalized spacial score (nSPS) is 14.3. The van der Waals surface area contributed by atoms with Gasteiger partial charge in [-0.3, -0.25) is 0 Å². The highest BCUT2D eigenvalue weighted by molar-refractivity contribution is 7.25. The van der Waals surface area contributed by atoms with Gasteiger partial charge in [0.05, 0.1) is 11.2 Å². The molecular formula is C46H30N4OS. The number of aromatic nitrogens is 4. The smallest absolute Gasteiger partial charge is 0.164 e. The summed E-state index contributed by atoms with van der Waals surface area (Å²) < 4.78 is 11.6. The molecule has 6 aromatic carbocycles. The minimum absolute atomic E-state index is 0.504. The summed E-state index contributed by atoms with van der Waals surface area (Å²) in [6, 6.07) is 46.7. The van der Waals surface area contributed by atoms with Crippen molar-refractivity contribution in [2.75, 3.05) is 0 Å². The van der Waals surface area contributed by atoms with Crippen LogP contribution >= 0.6 is 11.3 Å². The lowest BCUT2D eigenvalue weighted by atomic mass is 9.93. The molecule has 246 valence electrons. The molecule has 0 spiro atoms. The molecule has 4 aromatic heterocycles. The predicted octanol–water partition coefficient (Wildman–Crippen LogP) is 12.3. The van der Waals surface area contributed by atoms with Crippen molar-refractivity contribution in [3.05, 3.63) is 151 Å². The van der Waals surface area contributed by atoms with Gasteiger partial charge in [0.2, 0.25) is 0 Å². The fraction of sp³-hybridized carbons (Fsp3) is 0.0652. The van der Waals surface area contributed by atoms with Gasteiger partial charge < -0.3 is 8.98 Å². The number of para-hydroxylation sites is 2. The van der Waals surface area contributed by atoms with Gasteiger partial charge in [-0.25, -0.2) is 15.0 Å². The number of hydrogen-bond acceptors (Lipinski definition) is 5. The highest BCUT2D eigenvalue weighted by Crippen LogP contribution is 2.41. The van der Waals surface area contributed by atoms with Crippen molar-refractivity contribution in [2.24, 2.45) is 5.92 Å². The zero-order valence-electron chi connectivity index (χ0n) is 28.2. The van der Waals surface area contributed by atoms with E-state index in [1.54, 1.807) is 0 Å². The van der Waals surface area contributed by atoms with Gasteiger partial charge in [0.1, 0.15) is 5.58 Å². The second kappa shape index (κ2) is 11.3. The summed E-state index contributed by atoms with van der Waals surface area (Å²) in [7, 11) is 0. The van der Waals surface area contributed by atoms with Crippen molar-refractivity contribution in [2.45, 2.75) is 13.3 Å². The molecule has 0 fully saturated rings. The summed E-state index contributed by atoms with van der Waals surface area (Å²) in [5, 5.41) is 5.85. The predicted molar refractivity (Wildman–Crippen MR) is 215 cm³/mol. The molecule has 0 amide bonds. The van der Waals surface area contributed by atoms with Gasteiger partial charge >= 0.3 is 0 Å². The molecular weight excluding hydrogens is 657 g/mol. The Morgan fingerprint density at radius 1 is 0.596 bits per heavy atom. The number of rotatable bonds is 4. The Hall–Kier alpha value is -6.37. The molecule has 1 unspecified atom stereocenters. The second-order valence-electron chi connectivity index (χ2n) is 13.7. The first-order valence-corrected chi connectivity index (χ1v) is 18.5. The van der Waals surface area contributed by atoms with Crippen molar-refractivity contribution >= 4 is 70.4 Å². The average Bonchev–Trinajstić information content (AvgIpc) is 3.87. The van der Waals surface area contributed by atoms with E-state index in [0.29, 0.717) is 23.4 Å². The van der Waals surface area contributed by atoms with E-state index in [-0.39, 0.29) is 0 Å². The fourth-order valence-electron chi connectivity index (χ4n) is 7.94. The number of thiophene rings is 1. The monoisotopic (exact) mass is 686 g/mol. The van der Waals surface area contributed by atoms with E-state index >= 15 is 0 Å². The molecule has 0 aliphatic heterocycles. The third-order valence-electron chi connectivity index (χ3n) is 10.4. The number of fused-ring (bicyclic) bond motifs is 9. The molecule has 0 N–H and O–H groups in total. The maximum Gasteiger partial charge on any atom is 0.164 e.